The van der Waals surface area contributed by atoms with Gasteiger partial charge in [0.25, 0.3) is 0 Å². The highest BCUT2D eigenvalue weighted by Gasteiger charge is 2.45. The van der Waals surface area contributed by atoms with Gasteiger partial charge in [0, 0.05) is 60.6 Å². The van der Waals surface area contributed by atoms with E-state index < -0.39 is 25.3 Å². The Labute approximate surface area is 342 Å². The first kappa shape index (κ1) is 42.8. The van der Waals surface area contributed by atoms with Crippen LogP contribution >= 0.6 is 0 Å². The van der Waals surface area contributed by atoms with Crippen molar-refractivity contribution in [3.8, 4) is 28.5 Å². The summed E-state index contributed by atoms with van der Waals surface area (Å²) in [5.74, 6) is 2.83. The summed E-state index contributed by atoms with van der Waals surface area (Å²) in [7, 11) is -0.796. The highest BCUT2D eigenvalue weighted by atomic mass is 28.3. The number of fused-ring (bicyclic) bond motifs is 4. The van der Waals surface area contributed by atoms with Gasteiger partial charge in [0.1, 0.15) is 42.6 Å². The Morgan fingerprint density at radius 1 is 1.00 bits per heavy atom. The number of carbonyl (C=O) groups excluding carboxylic acids is 2. The van der Waals surface area contributed by atoms with Gasteiger partial charge < -0.3 is 24.4 Å². The van der Waals surface area contributed by atoms with Crippen molar-refractivity contribution in [1.82, 2.24) is 14.9 Å². The van der Waals surface area contributed by atoms with Crippen molar-refractivity contribution in [2.45, 2.75) is 123 Å². The molecule has 2 aliphatic heterocycles. The largest absolute Gasteiger partial charge is 0.468 e. The molecule has 13 heteroatoms. The van der Waals surface area contributed by atoms with Crippen LogP contribution in [0.2, 0.25) is 16.6 Å². The van der Waals surface area contributed by atoms with Crippen molar-refractivity contribution < 1.29 is 32.6 Å². The number of nitrogens with zero attached hydrogens (tertiary/aromatic N) is 4. The number of aryl methyl sites for hydroxylation is 1. The predicted octanol–water partition coefficient (Wildman–Crippen LogP) is 10.1. The first-order valence-electron chi connectivity index (χ1n) is 20.2. The number of methoxy groups -OCH3 is 1. The van der Waals surface area contributed by atoms with Gasteiger partial charge in [-0.05, 0) is 80.7 Å². The monoisotopic (exact) mass is 813 g/mol. The van der Waals surface area contributed by atoms with Crippen LogP contribution in [0.5, 0.6) is 5.75 Å². The summed E-state index contributed by atoms with van der Waals surface area (Å²) in [6, 6.07) is 6.17. The fraction of sp³-hybridized carbons (Fsp3) is 0.511. The quantitative estimate of drug-likeness (QED) is 0.101. The van der Waals surface area contributed by atoms with Gasteiger partial charge in [-0.25, -0.2) is 18.6 Å². The zero-order valence-corrected chi connectivity index (χ0v) is 36.9. The molecule has 2 aromatic carbocycles. The number of anilines is 2. The van der Waals surface area contributed by atoms with Crippen molar-refractivity contribution in [3.05, 3.63) is 53.2 Å². The predicted molar refractivity (Wildman–Crippen MR) is 229 cm³/mol. The molecular formula is C45H57F2N5O5Si. The Morgan fingerprint density at radius 3 is 2.21 bits per heavy atom. The lowest BCUT2D eigenvalue weighted by molar-refractivity contribution is -0.114. The van der Waals surface area contributed by atoms with Gasteiger partial charge >= 0.3 is 6.09 Å². The molecule has 2 bridgehead atoms. The van der Waals surface area contributed by atoms with E-state index in [2.05, 4.69) is 58.3 Å². The molecule has 310 valence electrons. The van der Waals surface area contributed by atoms with E-state index in [9.17, 15) is 9.59 Å². The van der Waals surface area contributed by atoms with Crippen molar-refractivity contribution in [2.24, 2.45) is 0 Å². The van der Waals surface area contributed by atoms with Gasteiger partial charge in [0.05, 0.1) is 17.6 Å². The zero-order valence-electron chi connectivity index (χ0n) is 35.9. The van der Waals surface area contributed by atoms with Crippen LogP contribution in [-0.4, -0.2) is 79.6 Å². The molecule has 0 aliphatic carbocycles. The van der Waals surface area contributed by atoms with Crippen LogP contribution in [0.3, 0.4) is 0 Å². The first-order valence-corrected chi connectivity index (χ1v) is 22.5. The van der Waals surface area contributed by atoms with Gasteiger partial charge in [0.15, 0.2) is 12.6 Å². The number of hydrogen-bond acceptors (Lipinski definition) is 8. The standard InChI is InChI=1S/C45H57F2N5O5Si/c1-25(2)58(26(3)4,27(5)6)18-17-34-37(46)16-13-30-19-33(56-24-55-12)20-35(39(30)34)41-40(47)38-28(7)42(49-29(8)53)50-43(36(38)21-48-41)51-22-31-14-15-32(23-51)52(31)44(54)57-45(9,10)11/h13,16,19-21,25-27,31-32H,14-15,22-24H2,1-12H3,(H,49,50,53). The number of rotatable bonds is 9. The summed E-state index contributed by atoms with van der Waals surface area (Å²) in [4.78, 5) is 39.3. The molecule has 10 nitrogen and oxygen atoms in total. The van der Waals surface area contributed by atoms with E-state index in [1.807, 2.05) is 30.6 Å². The van der Waals surface area contributed by atoms with Crippen LogP contribution in [0, 0.1) is 30.0 Å². The van der Waals surface area contributed by atoms with Crippen molar-refractivity contribution in [3.63, 3.8) is 0 Å². The molecule has 0 spiro atoms. The number of hydrogen-bond donors (Lipinski definition) is 1. The number of ether oxygens (including phenoxy) is 3. The summed E-state index contributed by atoms with van der Waals surface area (Å²) < 4.78 is 50.8. The number of carbonyl (C=O) groups is 2. The molecule has 0 saturated carbocycles. The van der Waals surface area contributed by atoms with Crippen molar-refractivity contribution >= 4 is 53.3 Å². The van der Waals surface area contributed by atoms with Gasteiger partial charge in [-0.3, -0.25) is 14.7 Å². The van der Waals surface area contributed by atoms with E-state index in [0.29, 0.717) is 68.6 Å². The minimum Gasteiger partial charge on any atom is -0.468 e. The van der Waals surface area contributed by atoms with Crippen LogP contribution in [0.15, 0.2) is 30.5 Å². The Hall–Kier alpha value is -4.80. The average molecular weight is 814 g/mol. The van der Waals surface area contributed by atoms with Crippen LogP contribution in [0.4, 0.5) is 25.2 Å². The van der Waals surface area contributed by atoms with Crippen molar-refractivity contribution in [2.75, 3.05) is 37.2 Å². The molecular weight excluding hydrogens is 757 g/mol. The summed E-state index contributed by atoms with van der Waals surface area (Å²) in [5, 5.41) is 4.50. The van der Waals surface area contributed by atoms with Crippen molar-refractivity contribution in [1.29, 1.82) is 0 Å². The molecule has 4 aromatic rings. The SMILES string of the molecule is COCOc1cc(-c2ncc3c(N4CC5CCC(C4)N5C(=O)OC(C)(C)C)nc(NC(C)=O)c(C)c3c2F)c2c(C#C[Si](C(C)C)(C(C)C)C(C)C)c(F)ccc2c1. The molecule has 0 radical (unpaired) electrons. The zero-order chi connectivity index (χ0) is 42.4. The minimum atomic E-state index is -2.30. The maximum Gasteiger partial charge on any atom is 0.410 e. The molecule has 1 N–H and O–H groups in total. The maximum atomic E-state index is 17.7. The number of piperazine rings is 1. The number of amides is 2. The molecule has 2 unspecified atom stereocenters. The van der Waals surface area contributed by atoms with E-state index in [1.54, 1.807) is 31.3 Å². The number of nitrogens with one attached hydrogen (secondary N) is 1. The second-order valence-electron chi connectivity index (χ2n) is 17.7. The summed E-state index contributed by atoms with van der Waals surface area (Å²) in [5.41, 5.74) is 4.82. The molecule has 2 fully saturated rings. The summed E-state index contributed by atoms with van der Waals surface area (Å²) in [6.45, 7) is 22.6. The summed E-state index contributed by atoms with van der Waals surface area (Å²) >= 11 is 0. The number of aromatic nitrogens is 2. The molecule has 6 rings (SSSR count). The topological polar surface area (TPSA) is 106 Å². The molecule has 4 heterocycles. The lowest BCUT2D eigenvalue weighted by Crippen LogP contribution is -2.57. The summed E-state index contributed by atoms with van der Waals surface area (Å²) in [6.07, 6.45) is 2.80. The molecule has 2 saturated heterocycles. The van der Waals surface area contributed by atoms with Gasteiger partial charge in [-0.1, -0.05) is 53.5 Å². The van der Waals surface area contributed by atoms with Gasteiger partial charge in [0.2, 0.25) is 5.91 Å². The van der Waals surface area contributed by atoms with Crippen LogP contribution < -0.4 is 15.0 Å². The van der Waals surface area contributed by atoms with Gasteiger partial charge in [-0.2, -0.15) is 0 Å². The lowest BCUT2D eigenvalue weighted by atomic mass is 9.94. The fourth-order valence-electron chi connectivity index (χ4n) is 9.33. The average Bonchev–Trinajstić information content (AvgIpc) is 3.40. The highest BCUT2D eigenvalue weighted by molar-refractivity contribution is 6.90. The van der Waals surface area contributed by atoms with E-state index in [0.717, 1.165) is 12.8 Å². The smallest absolute Gasteiger partial charge is 0.410 e. The van der Waals surface area contributed by atoms with E-state index in [4.69, 9.17) is 24.2 Å². The molecule has 58 heavy (non-hydrogen) atoms. The van der Waals surface area contributed by atoms with Crippen LogP contribution in [-0.2, 0) is 14.3 Å². The Morgan fingerprint density at radius 2 is 1.64 bits per heavy atom. The minimum absolute atomic E-state index is 0.0297. The second-order valence-corrected chi connectivity index (χ2v) is 23.2. The molecule has 2 atom stereocenters. The molecule has 2 aromatic heterocycles. The Bertz CT molecular complexity index is 2280. The van der Waals surface area contributed by atoms with Gasteiger partial charge in [-0.15, -0.1) is 5.54 Å². The Kier molecular flexibility index (Phi) is 12.1. The third-order valence-corrected chi connectivity index (χ3v) is 18.1. The number of pyridine rings is 2. The Balaban J connectivity index is 1.58. The molecule has 2 amide bonds. The van der Waals surface area contributed by atoms with Crippen LogP contribution in [0.25, 0.3) is 32.8 Å². The fourth-order valence-corrected chi connectivity index (χ4v) is 14.5. The first-order chi connectivity index (χ1) is 27.3. The van der Waals surface area contributed by atoms with E-state index in [1.165, 1.54) is 20.1 Å². The van der Waals surface area contributed by atoms with E-state index in [-0.39, 0.29) is 53.3 Å². The lowest BCUT2D eigenvalue weighted by Gasteiger charge is -2.42. The van der Waals surface area contributed by atoms with Crippen LogP contribution in [0.1, 0.15) is 93.2 Å². The third kappa shape index (κ3) is 7.97. The normalized spacial score (nSPS) is 17.1. The third-order valence-electron chi connectivity index (χ3n) is 11.8. The second kappa shape index (κ2) is 16.5. The number of benzene rings is 2. The number of halogens is 2. The highest BCUT2D eigenvalue weighted by Crippen LogP contribution is 2.44. The molecule has 2 aliphatic rings. The maximum absolute atomic E-state index is 17.7. The van der Waals surface area contributed by atoms with E-state index >= 15 is 8.78 Å².